The van der Waals surface area contributed by atoms with Crippen molar-refractivity contribution in [2.75, 3.05) is 29.9 Å². The lowest BCUT2D eigenvalue weighted by molar-refractivity contribution is -0.115. The third kappa shape index (κ3) is 4.61. The zero-order valence-corrected chi connectivity index (χ0v) is 16.6. The minimum Gasteiger partial charge on any atom is -0.372 e. The van der Waals surface area contributed by atoms with Gasteiger partial charge in [-0.25, -0.2) is 0 Å². The van der Waals surface area contributed by atoms with E-state index in [9.17, 15) is 4.79 Å². The average molecular weight is 392 g/mol. The Balaban J connectivity index is 1.36. The Labute approximate surface area is 170 Å². The molecule has 2 aromatic carbocycles. The van der Waals surface area contributed by atoms with Crippen LogP contribution in [0.1, 0.15) is 29.3 Å². The fourth-order valence-corrected chi connectivity index (χ4v) is 4.44. The third-order valence-electron chi connectivity index (χ3n) is 5.05. The van der Waals surface area contributed by atoms with Crippen LogP contribution >= 0.6 is 11.3 Å². The highest BCUT2D eigenvalue weighted by molar-refractivity contribution is 7.10. The van der Waals surface area contributed by atoms with Gasteiger partial charge in [0, 0.05) is 29.3 Å². The van der Waals surface area contributed by atoms with Crippen LogP contribution in [0.15, 0.2) is 72.1 Å². The summed E-state index contributed by atoms with van der Waals surface area (Å²) >= 11 is 1.70. The molecule has 3 aromatic rings. The molecule has 1 amide bonds. The molecule has 1 aliphatic rings. The molecule has 0 saturated carbocycles. The molecule has 2 heterocycles. The summed E-state index contributed by atoms with van der Waals surface area (Å²) in [5.41, 5.74) is 3.23. The summed E-state index contributed by atoms with van der Waals surface area (Å²) in [6.45, 7) is 2.50. The zero-order chi connectivity index (χ0) is 19.2. The number of nitrogens with one attached hydrogen (secondary N) is 2. The Morgan fingerprint density at radius 3 is 2.39 bits per heavy atom. The van der Waals surface area contributed by atoms with Crippen molar-refractivity contribution < 1.29 is 4.79 Å². The van der Waals surface area contributed by atoms with Gasteiger partial charge in [0.15, 0.2) is 0 Å². The van der Waals surface area contributed by atoms with Gasteiger partial charge < -0.3 is 10.2 Å². The molecule has 0 radical (unpaired) electrons. The summed E-state index contributed by atoms with van der Waals surface area (Å²) < 4.78 is 0. The van der Waals surface area contributed by atoms with Crippen molar-refractivity contribution >= 4 is 28.6 Å². The standard InChI is InChI=1S/C23H25N3OS/c27-22(25-19-10-12-20(13-11-19)26-14-4-5-15-26)17-24-23(21-9-6-16-28-21)18-7-2-1-3-8-18/h1-3,6-13,16,23-24H,4-5,14-15,17H2,(H,25,27)/t23-/m0/s1. The van der Waals surface area contributed by atoms with Crippen LogP contribution in [0.25, 0.3) is 0 Å². The second kappa shape index (κ2) is 9.04. The van der Waals surface area contributed by atoms with Crippen molar-refractivity contribution in [1.29, 1.82) is 0 Å². The molecule has 1 aliphatic heterocycles. The van der Waals surface area contributed by atoms with Crippen molar-refractivity contribution in [3.05, 3.63) is 82.6 Å². The molecule has 4 nitrogen and oxygen atoms in total. The highest BCUT2D eigenvalue weighted by Crippen LogP contribution is 2.26. The Bertz CT molecular complexity index is 872. The average Bonchev–Trinajstić information content (AvgIpc) is 3.44. The molecule has 1 saturated heterocycles. The van der Waals surface area contributed by atoms with E-state index < -0.39 is 0 Å². The van der Waals surface area contributed by atoms with Crippen LogP contribution in [0.3, 0.4) is 0 Å². The van der Waals surface area contributed by atoms with Crippen molar-refractivity contribution in [3.8, 4) is 0 Å². The first-order valence-electron chi connectivity index (χ1n) is 9.76. The van der Waals surface area contributed by atoms with E-state index in [1.807, 2.05) is 36.4 Å². The Morgan fingerprint density at radius 2 is 1.71 bits per heavy atom. The molecular formula is C23H25N3OS. The maximum Gasteiger partial charge on any atom is 0.238 e. The molecule has 144 valence electrons. The van der Waals surface area contributed by atoms with Gasteiger partial charge in [0.05, 0.1) is 12.6 Å². The van der Waals surface area contributed by atoms with Crippen LogP contribution in [0.4, 0.5) is 11.4 Å². The van der Waals surface area contributed by atoms with E-state index in [0.717, 1.165) is 24.3 Å². The predicted octanol–water partition coefficient (Wildman–Crippen LogP) is 4.67. The molecule has 1 aromatic heterocycles. The van der Waals surface area contributed by atoms with E-state index in [0.29, 0.717) is 0 Å². The van der Waals surface area contributed by atoms with Gasteiger partial charge in [-0.1, -0.05) is 36.4 Å². The molecule has 0 unspecified atom stereocenters. The summed E-state index contributed by atoms with van der Waals surface area (Å²) in [6.07, 6.45) is 2.52. The number of anilines is 2. The van der Waals surface area contributed by atoms with Crippen LogP contribution in [0.2, 0.25) is 0 Å². The first-order chi connectivity index (χ1) is 13.8. The minimum atomic E-state index is -0.0357. The third-order valence-corrected chi connectivity index (χ3v) is 5.99. The molecule has 0 aliphatic carbocycles. The van der Waals surface area contributed by atoms with Crippen LogP contribution in [0, 0.1) is 0 Å². The van der Waals surface area contributed by atoms with Gasteiger partial charge >= 0.3 is 0 Å². The summed E-state index contributed by atoms with van der Waals surface area (Å²) in [6, 6.07) is 22.6. The van der Waals surface area contributed by atoms with Crippen LogP contribution in [-0.4, -0.2) is 25.5 Å². The van der Waals surface area contributed by atoms with E-state index in [1.54, 1.807) is 11.3 Å². The quantitative estimate of drug-likeness (QED) is 0.615. The number of thiophene rings is 1. The monoisotopic (exact) mass is 391 g/mol. The second-order valence-corrected chi connectivity index (χ2v) is 8.01. The number of rotatable bonds is 7. The molecule has 0 bridgehead atoms. The molecule has 1 fully saturated rings. The fraction of sp³-hybridized carbons (Fsp3) is 0.261. The van der Waals surface area contributed by atoms with E-state index in [4.69, 9.17) is 0 Å². The van der Waals surface area contributed by atoms with Crippen molar-refractivity contribution in [3.63, 3.8) is 0 Å². The van der Waals surface area contributed by atoms with E-state index >= 15 is 0 Å². The normalized spacial score (nSPS) is 14.8. The maximum absolute atomic E-state index is 12.5. The van der Waals surface area contributed by atoms with E-state index in [-0.39, 0.29) is 18.5 Å². The molecule has 28 heavy (non-hydrogen) atoms. The van der Waals surface area contributed by atoms with Gasteiger partial charge in [0.1, 0.15) is 0 Å². The second-order valence-electron chi connectivity index (χ2n) is 7.03. The lowest BCUT2D eigenvalue weighted by Crippen LogP contribution is -2.31. The van der Waals surface area contributed by atoms with Gasteiger partial charge in [0.2, 0.25) is 5.91 Å². The fourth-order valence-electron chi connectivity index (χ4n) is 3.61. The van der Waals surface area contributed by atoms with Crippen LogP contribution in [-0.2, 0) is 4.79 Å². The van der Waals surface area contributed by atoms with Gasteiger partial charge in [0.25, 0.3) is 0 Å². The van der Waals surface area contributed by atoms with Gasteiger partial charge in [-0.2, -0.15) is 0 Å². The molecule has 0 spiro atoms. The summed E-state index contributed by atoms with van der Waals surface area (Å²) in [7, 11) is 0. The zero-order valence-electron chi connectivity index (χ0n) is 15.8. The van der Waals surface area contributed by atoms with Crippen LogP contribution in [0.5, 0.6) is 0 Å². The van der Waals surface area contributed by atoms with E-state index in [2.05, 4.69) is 51.2 Å². The van der Waals surface area contributed by atoms with E-state index in [1.165, 1.54) is 23.4 Å². The van der Waals surface area contributed by atoms with Crippen LogP contribution < -0.4 is 15.5 Å². The highest BCUT2D eigenvalue weighted by Gasteiger charge is 2.16. The van der Waals surface area contributed by atoms with Crippen molar-refractivity contribution in [1.82, 2.24) is 5.32 Å². The largest absolute Gasteiger partial charge is 0.372 e. The van der Waals surface area contributed by atoms with Gasteiger partial charge in [-0.05, 0) is 54.1 Å². The number of carbonyl (C=O) groups is 1. The number of amides is 1. The van der Waals surface area contributed by atoms with Crippen molar-refractivity contribution in [2.45, 2.75) is 18.9 Å². The van der Waals surface area contributed by atoms with Crippen molar-refractivity contribution in [2.24, 2.45) is 0 Å². The number of hydrogen-bond acceptors (Lipinski definition) is 4. The first-order valence-corrected chi connectivity index (χ1v) is 10.6. The van der Waals surface area contributed by atoms with Gasteiger partial charge in [-0.3, -0.25) is 10.1 Å². The molecule has 1 atom stereocenters. The predicted molar refractivity (Wildman–Crippen MR) is 117 cm³/mol. The Kier molecular flexibility index (Phi) is 6.04. The first kappa shape index (κ1) is 18.7. The molecule has 5 heteroatoms. The Hall–Kier alpha value is -2.63. The Morgan fingerprint density at radius 1 is 0.964 bits per heavy atom. The summed E-state index contributed by atoms with van der Waals surface area (Å²) in [5.74, 6) is -0.0357. The molecule has 2 N–H and O–H groups in total. The smallest absolute Gasteiger partial charge is 0.238 e. The van der Waals surface area contributed by atoms with Gasteiger partial charge in [-0.15, -0.1) is 11.3 Å². The lowest BCUT2D eigenvalue weighted by atomic mass is 10.1. The highest BCUT2D eigenvalue weighted by atomic mass is 32.1. The number of benzene rings is 2. The molecular weight excluding hydrogens is 366 g/mol. The number of carbonyl (C=O) groups excluding carboxylic acids is 1. The minimum absolute atomic E-state index is 0.0180. The number of hydrogen-bond donors (Lipinski definition) is 2. The maximum atomic E-state index is 12.5. The molecule has 4 rings (SSSR count). The lowest BCUT2D eigenvalue weighted by Gasteiger charge is -2.19. The number of nitrogens with zero attached hydrogens (tertiary/aromatic N) is 1. The SMILES string of the molecule is O=C(CN[C@@H](c1ccccc1)c1cccs1)Nc1ccc(N2CCCC2)cc1. The topological polar surface area (TPSA) is 44.4 Å². The summed E-state index contributed by atoms with van der Waals surface area (Å²) in [4.78, 5) is 16.1. The summed E-state index contributed by atoms with van der Waals surface area (Å²) in [5, 5.41) is 8.46.